The minimum absolute atomic E-state index is 0.0279. The van der Waals surface area contributed by atoms with E-state index in [1.165, 1.54) is 58.0 Å². The van der Waals surface area contributed by atoms with Gasteiger partial charge in [-0.15, -0.1) is 0 Å². The van der Waals surface area contributed by atoms with Gasteiger partial charge in [-0.25, -0.2) is 0 Å². The lowest BCUT2D eigenvalue weighted by Gasteiger charge is -2.46. The van der Waals surface area contributed by atoms with Crippen LogP contribution in [0.2, 0.25) is 0 Å². The van der Waals surface area contributed by atoms with E-state index < -0.39 is 0 Å². The molecule has 0 aromatic rings. The molecule has 2 N–H and O–H groups in total. The molecule has 0 aromatic carbocycles. The lowest BCUT2D eigenvalue weighted by molar-refractivity contribution is 0.000134. The molecule has 3 aliphatic rings. The largest absolute Gasteiger partial charge is 0.393 e. The van der Waals surface area contributed by atoms with E-state index >= 15 is 0 Å². The first-order chi connectivity index (χ1) is 9.72. The van der Waals surface area contributed by atoms with Crippen molar-refractivity contribution in [2.24, 2.45) is 5.41 Å². The molecule has 3 nitrogen and oxygen atoms in total. The Balaban J connectivity index is 1.67. The van der Waals surface area contributed by atoms with Crippen LogP contribution in [-0.2, 0) is 0 Å². The molecule has 2 atom stereocenters. The minimum Gasteiger partial charge on any atom is -0.393 e. The maximum absolute atomic E-state index is 9.98. The van der Waals surface area contributed by atoms with Crippen LogP contribution in [-0.4, -0.2) is 47.8 Å². The first-order valence-corrected chi connectivity index (χ1v) is 8.87. The third-order valence-electron chi connectivity index (χ3n) is 6.04. The molecule has 3 fully saturated rings. The number of nitrogens with zero attached hydrogens (tertiary/aromatic N) is 1. The van der Waals surface area contributed by atoms with Gasteiger partial charge in [-0.1, -0.05) is 26.2 Å². The summed E-state index contributed by atoms with van der Waals surface area (Å²) in [6.45, 7) is 5.79. The Kier molecular flexibility index (Phi) is 4.68. The van der Waals surface area contributed by atoms with Crippen molar-refractivity contribution in [2.45, 2.75) is 82.9 Å². The van der Waals surface area contributed by atoms with Gasteiger partial charge in [-0.2, -0.15) is 0 Å². The van der Waals surface area contributed by atoms with Gasteiger partial charge in [0.25, 0.3) is 0 Å². The fourth-order valence-corrected chi connectivity index (χ4v) is 4.97. The summed E-state index contributed by atoms with van der Waals surface area (Å²) in [4.78, 5) is 2.79. The summed E-state index contributed by atoms with van der Waals surface area (Å²) in [5, 5.41) is 13.6. The molecular formula is C17H32N2O. The molecule has 1 saturated carbocycles. The molecule has 1 aliphatic carbocycles. The van der Waals surface area contributed by atoms with Gasteiger partial charge in [-0.05, 0) is 50.5 Å². The Morgan fingerprint density at radius 1 is 1.10 bits per heavy atom. The Morgan fingerprint density at radius 2 is 1.75 bits per heavy atom. The molecule has 0 radical (unpaired) electrons. The zero-order chi connectivity index (χ0) is 14.0. The van der Waals surface area contributed by atoms with Crippen molar-refractivity contribution in [2.75, 3.05) is 19.6 Å². The zero-order valence-corrected chi connectivity index (χ0v) is 13.1. The van der Waals surface area contributed by atoms with Crippen molar-refractivity contribution in [1.82, 2.24) is 10.2 Å². The van der Waals surface area contributed by atoms with E-state index in [9.17, 15) is 5.11 Å². The van der Waals surface area contributed by atoms with Crippen molar-refractivity contribution in [3.8, 4) is 0 Å². The Labute approximate surface area is 124 Å². The van der Waals surface area contributed by atoms with Crippen LogP contribution in [0.4, 0.5) is 0 Å². The van der Waals surface area contributed by atoms with E-state index in [4.69, 9.17) is 0 Å². The first kappa shape index (κ1) is 14.8. The zero-order valence-electron chi connectivity index (χ0n) is 13.1. The summed E-state index contributed by atoms with van der Waals surface area (Å²) in [6.07, 6.45) is 11.7. The average Bonchev–Trinajstić information content (AvgIpc) is 2.69. The smallest absolute Gasteiger partial charge is 0.0570 e. The van der Waals surface area contributed by atoms with Gasteiger partial charge in [0, 0.05) is 25.2 Å². The predicted molar refractivity (Wildman–Crippen MR) is 82.8 cm³/mol. The van der Waals surface area contributed by atoms with E-state index in [0.29, 0.717) is 17.5 Å². The lowest BCUT2D eigenvalue weighted by Crippen LogP contribution is -2.52. The van der Waals surface area contributed by atoms with E-state index in [0.717, 1.165) is 19.4 Å². The maximum Gasteiger partial charge on any atom is 0.0570 e. The molecule has 0 aromatic heterocycles. The standard InChI is InChI=1S/C17H32N2O/c1-2-18-12-17(8-4-3-5-9-17)13-19-14-6-7-15(19)11-16(20)10-14/h14-16,18,20H,2-13H2,1H3. The molecule has 3 heteroatoms. The van der Waals surface area contributed by atoms with Gasteiger partial charge in [0.15, 0.2) is 0 Å². The number of fused-ring (bicyclic) bond motifs is 2. The summed E-state index contributed by atoms with van der Waals surface area (Å²) in [6, 6.07) is 1.34. The molecule has 2 heterocycles. The summed E-state index contributed by atoms with van der Waals surface area (Å²) >= 11 is 0. The highest BCUT2D eigenvalue weighted by Gasteiger charge is 2.44. The fourth-order valence-electron chi connectivity index (χ4n) is 4.97. The normalized spacial score (nSPS) is 37.2. The van der Waals surface area contributed by atoms with Crippen LogP contribution in [0.5, 0.6) is 0 Å². The average molecular weight is 280 g/mol. The van der Waals surface area contributed by atoms with E-state index in [2.05, 4.69) is 17.1 Å². The highest BCUT2D eigenvalue weighted by atomic mass is 16.3. The van der Waals surface area contributed by atoms with Crippen molar-refractivity contribution in [1.29, 1.82) is 0 Å². The number of piperidine rings is 1. The topological polar surface area (TPSA) is 35.5 Å². The molecule has 2 aliphatic heterocycles. The van der Waals surface area contributed by atoms with Crippen LogP contribution in [0.15, 0.2) is 0 Å². The van der Waals surface area contributed by atoms with Gasteiger partial charge in [-0.3, -0.25) is 4.90 Å². The van der Waals surface area contributed by atoms with Crippen LogP contribution in [0.1, 0.15) is 64.7 Å². The summed E-state index contributed by atoms with van der Waals surface area (Å²) in [5.41, 5.74) is 0.511. The number of rotatable bonds is 5. The fraction of sp³-hybridized carbons (Fsp3) is 1.00. The second-order valence-electron chi connectivity index (χ2n) is 7.52. The minimum atomic E-state index is -0.0279. The third kappa shape index (κ3) is 3.05. The molecule has 2 bridgehead atoms. The Morgan fingerprint density at radius 3 is 2.35 bits per heavy atom. The maximum atomic E-state index is 9.98. The van der Waals surface area contributed by atoms with Gasteiger partial charge in [0.05, 0.1) is 6.10 Å². The van der Waals surface area contributed by atoms with Crippen molar-refractivity contribution < 1.29 is 5.11 Å². The Hall–Kier alpha value is -0.120. The molecule has 20 heavy (non-hydrogen) atoms. The number of nitrogens with one attached hydrogen (secondary N) is 1. The van der Waals surface area contributed by atoms with Crippen molar-refractivity contribution in [3.63, 3.8) is 0 Å². The highest BCUT2D eigenvalue weighted by molar-refractivity contribution is 4.99. The van der Waals surface area contributed by atoms with Crippen LogP contribution < -0.4 is 5.32 Å². The number of aliphatic hydroxyl groups is 1. The van der Waals surface area contributed by atoms with Crippen LogP contribution >= 0.6 is 0 Å². The number of aliphatic hydroxyl groups excluding tert-OH is 1. The monoisotopic (exact) mass is 280 g/mol. The molecule has 0 amide bonds. The second-order valence-corrected chi connectivity index (χ2v) is 7.52. The molecule has 2 saturated heterocycles. The molecular weight excluding hydrogens is 248 g/mol. The second kappa shape index (κ2) is 6.33. The number of hydrogen-bond acceptors (Lipinski definition) is 3. The highest BCUT2D eigenvalue weighted by Crippen LogP contribution is 2.42. The quantitative estimate of drug-likeness (QED) is 0.812. The molecule has 3 rings (SSSR count). The molecule has 116 valence electrons. The number of hydrogen-bond donors (Lipinski definition) is 2. The first-order valence-electron chi connectivity index (χ1n) is 8.87. The summed E-state index contributed by atoms with van der Waals surface area (Å²) in [7, 11) is 0. The van der Waals surface area contributed by atoms with Crippen LogP contribution in [0, 0.1) is 5.41 Å². The lowest BCUT2D eigenvalue weighted by atomic mass is 9.73. The SMILES string of the molecule is CCNCC1(CN2C3CCC2CC(O)C3)CCCCC1. The Bertz CT molecular complexity index is 300. The third-order valence-corrected chi connectivity index (χ3v) is 6.04. The van der Waals surface area contributed by atoms with Gasteiger partial charge in [0.2, 0.25) is 0 Å². The summed E-state index contributed by atoms with van der Waals surface area (Å²) < 4.78 is 0. The van der Waals surface area contributed by atoms with Gasteiger partial charge < -0.3 is 10.4 Å². The van der Waals surface area contributed by atoms with Gasteiger partial charge >= 0.3 is 0 Å². The van der Waals surface area contributed by atoms with Crippen LogP contribution in [0.25, 0.3) is 0 Å². The molecule has 0 spiro atoms. The van der Waals surface area contributed by atoms with Crippen molar-refractivity contribution in [3.05, 3.63) is 0 Å². The van der Waals surface area contributed by atoms with E-state index in [1.54, 1.807) is 0 Å². The van der Waals surface area contributed by atoms with E-state index in [-0.39, 0.29) is 6.10 Å². The van der Waals surface area contributed by atoms with Gasteiger partial charge in [0.1, 0.15) is 0 Å². The van der Waals surface area contributed by atoms with Crippen molar-refractivity contribution >= 4 is 0 Å². The molecule has 2 unspecified atom stereocenters. The summed E-state index contributed by atoms with van der Waals surface area (Å²) in [5.74, 6) is 0. The van der Waals surface area contributed by atoms with Crippen LogP contribution in [0.3, 0.4) is 0 Å². The predicted octanol–water partition coefficient (Wildman–Crippen LogP) is 2.53. The van der Waals surface area contributed by atoms with E-state index in [1.807, 2.05) is 0 Å².